The average Bonchev–Trinajstić information content (AvgIpc) is 2.50. The van der Waals surface area contributed by atoms with Crippen LogP contribution in [0.4, 0.5) is 11.4 Å². The van der Waals surface area contributed by atoms with Gasteiger partial charge in [0.25, 0.3) is 5.69 Å². The molecule has 0 saturated carbocycles. The molecule has 1 amide bonds. The van der Waals surface area contributed by atoms with Crippen LogP contribution in [0.3, 0.4) is 0 Å². The first kappa shape index (κ1) is 17.4. The van der Waals surface area contributed by atoms with E-state index < -0.39 is 4.92 Å². The summed E-state index contributed by atoms with van der Waals surface area (Å²) in [4.78, 5) is 24.6. The van der Waals surface area contributed by atoms with Crippen molar-refractivity contribution in [1.29, 1.82) is 0 Å². The summed E-state index contributed by atoms with van der Waals surface area (Å²) in [5.41, 5.74) is 0.917. The van der Waals surface area contributed by atoms with Crippen LogP contribution in [0.25, 0.3) is 0 Å². The van der Waals surface area contributed by atoms with Gasteiger partial charge in [-0.05, 0) is 31.9 Å². The molecule has 0 aromatic heterocycles. The molecule has 2 rings (SSSR count). The van der Waals surface area contributed by atoms with Crippen molar-refractivity contribution in [2.45, 2.75) is 32.8 Å². The van der Waals surface area contributed by atoms with Crippen molar-refractivity contribution in [2.24, 2.45) is 5.92 Å². The highest BCUT2D eigenvalue weighted by atomic mass is 16.6. The summed E-state index contributed by atoms with van der Waals surface area (Å²) in [6.45, 7) is 5.69. The molecule has 2 N–H and O–H groups in total. The first-order chi connectivity index (χ1) is 10.9. The third-order valence-electron chi connectivity index (χ3n) is 4.43. The Morgan fingerprint density at radius 3 is 2.91 bits per heavy atom. The minimum Gasteiger partial charge on any atom is -0.392 e. The normalized spacial score (nSPS) is 21.9. The van der Waals surface area contributed by atoms with E-state index in [4.69, 9.17) is 0 Å². The number of nitrogens with one attached hydrogen (secondary N) is 1. The lowest BCUT2D eigenvalue weighted by Crippen LogP contribution is -2.43. The van der Waals surface area contributed by atoms with E-state index in [2.05, 4.69) is 10.2 Å². The number of amides is 1. The number of nitro benzene ring substituents is 1. The highest BCUT2D eigenvalue weighted by Gasteiger charge is 2.24. The standard InChI is InChI=1S/C16H23N3O4/c1-11-6-8-18(10-15(11)20)9-7-16(21)17-13-4-3-5-14(12(13)2)19(22)23/h3-5,11,15,20H,6-10H2,1-2H3,(H,17,21). The molecule has 0 aliphatic carbocycles. The Bertz CT molecular complexity index is 591. The van der Waals surface area contributed by atoms with Gasteiger partial charge in [0.15, 0.2) is 0 Å². The zero-order valence-corrected chi connectivity index (χ0v) is 13.5. The lowest BCUT2D eigenvalue weighted by atomic mass is 9.96. The van der Waals surface area contributed by atoms with E-state index in [-0.39, 0.29) is 17.7 Å². The monoisotopic (exact) mass is 321 g/mol. The number of nitro groups is 1. The van der Waals surface area contributed by atoms with E-state index >= 15 is 0 Å². The maximum Gasteiger partial charge on any atom is 0.274 e. The Balaban J connectivity index is 1.88. The molecule has 0 bridgehead atoms. The topological polar surface area (TPSA) is 95.7 Å². The molecule has 7 nitrogen and oxygen atoms in total. The molecule has 7 heteroatoms. The van der Waals surface area contributed by atoms with Gasteiger partial charge in [-0.3, -0.25) is 14.9 Å². The third kappa shape index (κ3) is 4.49. The van der Waals surface area contributed by atoms with Gasteiger partial charge in [-0.1, -0.05) is 13.0 Å². The molecule has 23 heavy (non-hydrogen) atoms. The summed E-state index contributed by atoms with van der Waals surface area (Å²) in [7, 11) is 0. The van der Waals surface area contributed by atoms with E-state index in [1.165, 1.54) is 6.07 Å². The highest BCUT2D eigenvalue weighted by molar-refractivity contribution is 5.92. The molecular formula is C16H23N3O4. The molecule has 1 saturated heterocycles. The minimum absolute atomic E-state index is 0.00376. The second-order valence-corrected chi connectivity index (χ2v) is 6.14. The van der Waals surface area contributed by atoms with Crippen LogP contribution in [0.1, 0.15) is 25.3 Å². The van der Waals surface area contributed by atoms with Crippen molar-refractivity contribution >= 4 is 17.3 Å². The molecule has 2 unspecified atom stereocenters. The van der Waals surface area contributed by atoms with Crippen LogP contribution in [-0.2, 0) is 4.79 Å². The lowest BCUT2D eigenvalue weighted by Gasteiger charge is -2.34. The number of benzene rings is 1. The Morgan fingerprint density at radius 2 is 2.26 bits per heavy atom. The molecule has 1 heterocycles. The van der Waals surface area contributed by atoms with Crippen LogP contribution in [0, 0.1) is 23.0 Å². The van der Waals surface area contributed by atoms with E-state index in [9.17, 15) is 20.0 Å². The predicted molar refractivity (Wildman–Crippen MR) is 87.3 cm³/mol. The lowest BCUT2D eigenvalue weighted by molar-refractivity contribution is -0.385. The van der Waals surface area contributed by atoms with Gasteiger partial charge in [-0.2, -0.15) is 0 Å². The van der Waals surface area contributed by atoms with Crippen molar-refractivity contribution in [1.82, 2.24) is 4.90 Å². The molecule has 1 aliphatic rings. The quantitative estimate of drug-likeness (QED) is 0.638. The molecule has 1 aromatic carbocycles. The number of anilines is 1. The summed E-state index contributed by atoms with van der Waals surface area (Å²) >= 11 is 0. The fourth-order valence-electron chi connectivity index (χ4n) is 2.75. The summed E-state index contributed by atoms with van der Waals surface area (Å²) in [6, 6.07) is 4.64. The van der Waals surface area contributed by atoms with Gasteiger partial charge in [-0.25, -0.2) is 0 Å². The molecule has 0 radical (unpaired) electrons. The number of aliphatic hydroxyl groups excluding tert-OH is 1. The minimum atomic E-state index is -0.457. The fraction of sp³-hybridized carbons (Fsp3) is 0.562. The zero-order valence-electron chi connectivity index (χ0n) is 13.5. The summed E-state index contributed by atoms with van der Waals surface area (Å²) in [6.07, 6.45) is 0.876. The molecule has 1 aromatic rings. The first-order valence-corrected chi connectivity index (χ1v) is 7.82. The van der Waals surface area contributed by atoms with Crippen LogP contribution in [0.15, 0.2) is 18.2 Å². The van der Waals surface area contributed by atoms with Gasteiger partial charge in [0.1, 0.15) is 0 Å². The van der Waals surface area contributed by atoms with Crippen molar-refractivity contribution in [3.63, 3.8) is 0 Å². The molecule has 1 aliphatic heterocycles. The van der Waals surface area contributed by atoms with E-state index in [1.807, 2.05) is 6.92 Å². The van der Waals surface area contributed by atoms with Gasteiger partial charge in [0.05, 0.1) is 22.3 Å². The second-order valence-electron chi connectivity index (χ2n) is 6.14. The van der Waals surface area contributed by atoms with Crippen molar-refractivity contribution in [2.75, 3.05) is 25.0 Å². The second kappa shape index (κ2) is 7.52. The number of likely N-dealkylation sites (tertiary alicyclic amines) is 1. The van der Waals surface area contributed by atoms with Gasteiger partial charge < -0.3 is 15.3 Å². The van der Waals surface area contributed by atoms with Gasteiger partial charge in [0.2, 0.25) is 5.91 Å². The van der Waals surface area contributed by atoms with E-state index in [0.717, 1.165) is 13.0 Å². The SMILES string of the molecule is Cc1c(NC(=O)CCN2CCC(C)C(O)C2)cccc1[N+](=O)[O-]. The number of hydrogen-bond acceptors (Lipinski definition) is 5. The van der Waals surface area contributed by atoms with Crippen molar-refractivity contribution < 1.29 is 14.8 Å². The van der Waals surface area contributed by atoms with Gasteiger partial charge in [0, 0.05) is 25.6 Å². The average molecular weight is 321 g/mol. The van der Waals surface area contributed by atoms with Crippen LogP contribution < -0.4 is 5.32 Å². The number of hydrogen-bond donors (Lipinski definition) is 2. The van der Waals surface area contributed by atoms with Crippen molar-refractivity contribution in [3.8, 4) is 0 Å². The van der Waals surface area contributed by atoms with E-state index in [0.29, 0.717) is 36.7 Å². The number of carbonyl (C=O) groups excluding carboxylic acids is 1. The highest BCUT2D eigenvalue weighted by Crippen LogP contribution is 2.25. The molecule has 0 spiro atoms. The number of nitrogens with zero attached hydrogens (tertiary/aromatic N) is 2. The Morgan fingerprint density at radius 1 is 1.52 bits per heavy atom. The Hall–Kier alpha value is -1.99. The Labute approximate surface area is 135 Å². The first-order valence-electron chi connectivity index (χ1n) is 7.82. The molecule has 2 atom stereocenters. The smallest absolute Gasteiger partial charge is 0.274 e. The zero-order chi connectivity index (χ0) is 17.0. The number of rotatable bonds is 5. The number of β-amino-alcohol motifs (C(OH)–C–C–N with tert-alkyl or cyclic N) is 1. The van der Waals surface area contributed by atoms with Crippen LogP contribution in [0.5, 0.6) is 0 Å². The number of aliphatic hydroxyl groups is 1. The molecule has 126 valence electrons. The van der Waals surface area contributed by atoms with Crippen LogP contribution in [-0.4, -0.2) is 46.6 Å². The van der Waals surface area contributed by atoms with Crippen molar-refractivity contribution in [3.05, 3.63) is 33.9 Å². The summed E-state index contributed by atoms with van der Waals surface area (Å²) < 4.78 is 0. The van der Waals surface area contributed by atoms with Crippen LogP contribution in [0.2, 0.25) is 0 Å². The predicted octanol–water partition coefficient (Wildman–Crippen LogP) is 1.93. The van der Waals surface area contributed by atoms with Gasteiger partial charge >= 0.3 is 0 Å². The maximum atomic E-state index is 12.1. The number of piperidine rings is 1. The largest absolute Gasteiger partial charge is 0.392 e. The number of carbonyl (C=O) groups is 1. The summed E-state index contributed by atoms with van der Waals surface area (Å²) in [5.74, 6) is 0.120. The third-order valence-corrected chi connectivity index (χ3v) is 4.43. The summed E-state index contributed by atoms with van der Waals surface area (Å²) in [5, 5.41) is 23.5. The van der Waals surface area contributed by atoms with Gasteiger partial charge in [-0.15, -0.1) is 0 Å². The van der Waals surface area contributed by atoms with Crippen LogP contribution >= 0.6 is 0 Å². The fourth-order valence-corrected chi connectivity index (χ4v) is 2.75. The Kier molecular flexibility index (Phi) is 5.68. The maximum absolute atomic E-state index is 12.1. The van der Waals surface area contributed by atoms with E-state index in [1.54, 1.807) is 19.1 Å². The molecular weight excluding hydrogens is 298 g/mol. The molecule has 1 fully saturated rings.